The van der Waals surface area contributed by atoms with E-state index in [2.05, 4.69) is 22.0 Å². The highest BCUT2D eigenvalue weighted by Gasteiger charge is 2.30. The molecule has 0 radical (unpaired) electrons. The van der Waals surface area contributed by atoms with Gasteiger partial charge in [0.1, 0.15) is 17.4 Å². The van der Waals surface area contributed by atoms with E-state index in [1.165, 1.54) is 5.56 Å². The maximum absolute atomic E-state index is 11.3. The van der Waals surface area contributed by atoms with Gasteiger partial charge in [-0.05, 0) is 43.2 Å². The van der Waals surface area contributed by atoms with Crippen LogP contribution >= 0.6 is 0 Å². The van der Waals surface area contributed by atoms with Crippen molar-refractivity contribution in [3.05, 3.63) is 47.4 Å². The van der Waals surface area contributed by atoms with Crippen molar-refractivity contribution >= 4 is 11.8 Å². The van der Waals surface area contributed by atoms with Crippen LogP contribution in [0.5, 0.6) is 5.75 Å². The SMILES string of the molecule is CC.CC.COc1ccccc1C1CCN(c2nc(C3CC3)ncc2CC(=O)O)CC1. The quantitative estimate of drug-likeness (QED) is 0.663. The summed E-state index contributed by atoms with van der Waals surface area (Å²) in [6.07, 6.45) is 5.94. The molecule has 1 aliphatic heterocycles. The largest absolute Gasteiger partial charge is 0.496 e. The van der Waals surface area contributed by atoms with Crippen LogP contribution in [0.3, 0.4) is 0 Å². The monoisotopic (exact) mass is 427 g/mol. The number of carboxylic acid groups (broad SMARTS) is 1. The van der Waals surface area contributed by atoms with E-state index in [9.17, 15) is 9.90 Å². The molecule has 1 aliphatic carbocycles. The highest BCUT2D eigenvalue weighted by atomic mass is 16.5. The van der Waals surface area contributed by atoms with Crippen molar-refractivity contribution in [2.24, 2.45) is 0 Å². The van der Waals surface area contributed by atoms with Crippen LogP contribution in [0.2, 0.25) is 0 Å². The van der Waals surface area contributed by atoms with Gasteiger partial charge in [-0.1, -0.05) is 45.9 Å². The fourth-order valence-electron chi connectivity index (χ4n) is 3.92. The number of aliphatic carboxylic acids is 1. The molecular formula is C25H37N3O3. The van der Waals surface area contributed by atoms with Gasteiger partial charge in [0.25, 0.3) is 0 Å². The number of methoxy groups -OCH3 is 1. The van der Waals surface area contributed by atoms with Crippen molar-refractivity contribution in [3.63, 3.8) is 0 Å². The van der Waals surface area contributed by atoms with Crippen LogP contribution < -0.4 is 9.64 Å². The second-order valence-electron chi connectivity index (χ2n) is 7.43. The first-order valence-corrected chi connectivity index (χ1v) is 11.6. The number of hydrogen-bond donors (Lipinski definition) is 1. The van der Waals surface area contributed by atoms with Crippen LogP contribution in [0.15, 0.2) is 30.5 Å². The summed E-state index contributed by atoms with van der Waals surface area (Å²) in [6.45, 7) is 9.72. The van der Waals surface area contributed by atoms with Crippen LogP contribution in [0.4, 0.5) is 5.82 Å². The van der Waals surface area contributed by atoms with Gasteiger partial charge in [-0.3, -0.25) is 4.79 Å². The summed E-state index contributed by atoms with van der Waals surface area (Å²) in [5.74, 6) is 2.68. The number of anilines is 1. The van der Waals surface area contributed by atoms with Crippen molar-refractivity contribution in [1.82, 2.24) is 9.97 Å². The first kappa shape index (κ1) is 24.6. The molecule has 6 heteroatoms. The van der Waals surface area contributed by atoms with E-state index in [1.807, 2.05) is 39.8 Å². The standard InChI is InChI=1S/C21H25N3O3.2C2H6/c1-27-18-5-3-2-4-17(18)14-8-10-24(11-9-14)21-16(12-19(25)26)13-22-20(23-21)15-6-7-15;2*1-2/h2-5,13-15H,6-12H2,1H3,(H,25,26);2*1-2H3. The van der Waals surface area contributed by atoms with Crippen LogP contribution in [0, 0.1) is 0 Å². The van der Waals surface area contributed by atoms with Crippen LogP contribution in [-0.4, -0.2) is 41.2 Å². The average molecular weight is 428 g/mol. The summed E-state index contributed by atoms with van der Waals surface area (Å²) in [6, 6.07) is 8.21. The molecule has 4 rings (SSSR count). The normalized spacial score (nSPS) is 15.8. The van der Waals surface area contributed by atoms with Crippen molar-refractivity contribution < 1.29 is 14.6 Å². The molecule has 6 nitrogen and oxygen atoms in total. The summed E-state index contributed by atoms with van der Waals surface area (Å²) in [4.78, 5) is 22.7. The summed E-state index contributed by atoms with van der Waals surface area (Å²) < 4.78 is 5.52. The first-order valence-electron chi connectivity index (χ1n) is 11.6. The van der Waals surface area contributed by atoms with Crippen molar-refractivity contribution in [3.8, 4) is 5.75 Å². The predicted octanol–water partition coefficient (Wildman–Crippen LogP) is 5.43. The number of carbonyl (C=O) groups is 1. The molecule has 31 heavy (non-hydrogen) atoms. The smallest absolute Gasteiger partial charge is 0.308 e. The first-order chi connectivity index (χ1) is 15.2. The number of piperidine rings is 1. The molecular weight excluding hydrogens is 390 g/mol. The number of aromatic nitrogens is 2. The van der Waals surface area contributed by atoms with E-state index in [4.69, 9.17) is 9.72 Å². The molecule has 0 atom stereocenters. The van der Waals surface area contributed by atoms with E-state index in [1.54, 1.807) is 13.3 Å². The number of hydrogen-bond acceptors (Lipinski definition) is 5. The summed E-state index contributed by atoms with van der Waals surface area (Å²) in [5, 5.41) is 9.24. The van der Waals surface area contributed by atoms with Gasteiger partial charge in [0.15, 0.2) is 0 Å². The number of para-hydroxylation sites is 1. The van der Waals surface area contributed by atoms with Gasteiger partial charge in [-0.2, -0.15) is 0 Å². The minimum atomic E-state index is -0.845. The van der Waals surface area contributed by atoms with Gasteiger partial charge in [0, 0.05) is 30.8 Å². The lowest BCUT2D eigenvalue weighted by atomic mass is 9.88. The lowest BCUT2D eigenvalue weighted by Crippen LogP contribution is -2.34. The van der Waals surface area contributed by atoms with Crippen LogP contribution in [-0.2, 0) is 11.2 Å². The third-order valence-electron chi connectivity index (χ3n) is 5.52. The number of rotatable bonds is 6. The van der Waals surface area contributed by atoms with Gasteiger partial charge in [0.05, 0.1) is 13.5 Å². The maximum atomic E-state index is 11.3. The van der Waals surface area contributed by atoms with Crippen LogP contribution in [0.25, 0.3) is 0 Å². The topological polar surface area (TPSA) is 75.5 Å². The predicted molar refractivity (Wildman–Crippen MR) is 125 cm³/mol. The average Bonchev–Trinajstić information content (AvgIpc) is 3.67. The second-order valence-corrected chi connectivity index (χ2v) is 7.43. The van der Waals surface area contributed by atoms with E-state index in [0.717, 1.165) is 56.2 Å². The number of nitrogens with zero attached hydrogens (tertiary/aromatic N) is 3. The number of carboxylic acids is 1. The lowest BCUT2D eigenvalue weighted by molar-refractivity contribution is -0.136. The van der Waals surface area contributed by atoms with Crippen LogP contribution in [0.1, 0.15) is 82.2 Å². The molecule has 1 aromatic carbocycles. The van der Waals surface area contributed by atoms with E-state index < -0.39 is 5.97 Å². The minimum Gasteiger partial charge on any atom is -0.496 e. The zero-order valence-electron chi connectivity index (χ0n) is 19.6. The summed E-state index contributed by atoms with van der Waals surface area (Å²) in [5.41, 5.74) is 1.97. The Hall–Kier alpha value is -2.63. The van der Waals surface area contributed by atoms with Gasteiger partial charge >= 0.3 is 5.97 Å². The molecule has 0 unspecified atom stereocenters. The Labute approximate surface area is 186 Å². The lowest BCUT2D eigenvalue weighted by Gasteiger charge is -2.34. The molecule has 0 bridgehead atoms. The molecule has 1 saturated heterocycles. The Kier molecular flexibility index (Phi) is 9.76. The van der Waals surface area contributed by atoms with Crippen molar-refractivity contribution in [2.75, 3.05) is 25.1 Å². The second kappa shape index (κ2) is 12.3. The minimum absolute atomic E-state index is 0.0350. The van der Waals surface area contributed by atoms with Gasteiger partial charge in [-0.15, -0.1) is 0 Å². The van der Waals surface area contributed by atoms with E-state index >= 15 is 0 Å². The maximum Gasteiger partial charge on any atom is 0.308 e. The van der Waals surface area contributed by atoms with Gasteiger partial charge in [0.2, 0.25) is 0 Å². The van der Waals surface area contributed by atoms with E-state index in [-0.39, 0.29) is 6.42 Å². The molecule has 0 spiro atoms. The molecule has 2 fully saturated rings. The molecule has 1 N–H and O–H groups in total. The Morgan fingerprint density at radius 1 is 1.06 bits per heavy atom. The molecule has 1 aromatic heterocycles. The Bertz CT molecular complexity index is 829. The fraction of sp³-hybridized carbons (Fsp3) is 0.560. The zero-order chi connectivity index (χ0) is 22.8. The third kappa shape index (κ3) is 6.42. The number of benzene rings is 1. The Balaban J connectivity index is 0.000000807. The molecule has 2 aliphatic rings. The molecule has 2 heterocycles. The Morgan fingerprint density at radius 2 is 1.71 bits per heavy atom. The fourth-order valence-corrected chi connectivity index (χ4v) is 3.92. The summed E-state index contributed by atoms with van der Waals surface area (Å²) >= 11 is 0. The number of ether oxygens (including phenoxy) is 1. The van der Waals surface area contributed by atoms with E-state index in [0.29, 0.717) is 17.4 Å². The molecule has 2 aromatic rings. The molecule has 170 valence electrons. The van der Waals surface area contributed by atoms with Crippen molar-refractivity contribution in [1.29, 1.82) is 0 Å². The Morgan fingerprint density at radius 3 is 2.29 bits per heavy atom. The zero-order valence-corrected chi connectivity index (χ0v) is 19.6. The van der Waals surface area contributed by atoms with Gasteiger partial charge in [-0.25, -0.2) is 9.97 Å². The molecule has 0 amide bonds. The highest BCUT2D eigenvalue weighted by Crippen LogP contribution is 2.40. The van der Waals surface area contributed by atoms with Crippen molar-refractivity contribution in [2.45, 2.75) is 71.6 Å². The van der Waals surface area contributed by atoms with Gasteiger partial charge < -0.3 is 14.7 Å². The summed E-state index contributed by atoms with van der Waals surface area (Å²) in [7, 11) is 1.71. The molecule has 1 saturated carbocycles. The highest BCUT2D eigenvalue weighted by molar-refractivity contribution is 5.72. The third-order valence-corrected chi connectivity index (χ3v) is 5.52.